The van der Waals surface area contributed by atoms with Crippen molar-refractivity contribution < 1.29 is 37.8 Å². The Hall–Kier alpha value is -3.62. The number of nitrogens with zero attached hydrogens (tertiary/aromatic N) is 3. The second-order valence-electron chi connectivity index (χ2n) is 13.1. The van der Waals surface area contributed by atoms with Gasteiger partial charge in [-0.05, 0) is 54.1 Å². The molecule has 0 bridgehead atoms. The van der Waals surface area contributed by atoms with Crippen LogP contribution in [-0.4, -0.2) is 111 Å². The SMILES string of the molecule is CCC.CCC(C)C(C(CC)OC)N(C)C(=O)CNc1ncc(Br)cc1F.COC(=O)CNC(=O)C(C)C(OC)C1CCCN1C=O.Cc1ccccc1. The predicted molar refractivity (Wildman–Crippen MR) is 215 cm³/mol. The van der Waals surface area contributed by atoms with Gasteiger partial charge in [-0.3, -0.25) is 19.2 Å². The van der Waals surface area contributed by atoms with Gasteiger partial charge < -0.3 is 34.6 Å². The number of rotatable bonds is 16. The van der Waals surface area contributed by atoms with Gasteiger partial charge in [0.1, 0.15) is 6.54 Å². The van der Waals surface area contributed by atoms with Crippen LogP contribution in [0.5, 0.6) is 0 Å². The quantitative estimate of drug-likeness (QED) is 0.141. The third kappa shape index (κ3) is 18.1. The van der Waals surface area contributed by atoms with Gasteiger partial charge in [0.05, 0.1) is 43.9 Å². The summed E-state index contributed by atoms with van der Waals surface area (Å²) in [7, 11) is 6.22. The van der Waals surface area contributed by atoms with E-state index < -0.39 is 17.7 Å². The minimum atomic E-state index is -0.505. The number of carbonyl (C=O) groups excluding carboxylic acids is 4. The van der Waals surface area contributed by atoms with Crippen molar-refractivity contribution in [1.82, 2.24) is 20.1 Å². The van der Waals surface area contributed by atoms with Gasteiger partial charge in [0.25, 0.3) is 0 Å². The molecule has 14 heteroatoms. The molecular formula is C40H65BrFN5O7. The smallest absolute Gasteiger partial charge is 0.325 e. The van der Waals surface area contributed by atoms with E-state index in [1.807, 2.05) is 25.1 Å². The van der Waals surface area contributed by atoms with Crippen LogP contribution in [0.3, 0.4) is 0 Å². The van der Waals surface area contributed by atoms with E-state index in [4.69, 9.17) is 9.47 Å². The summed E-state index contributed by atoms with van der Waals surface area (Å²) in [5, 5.41) is 5.27. The first kappa shape index (κ1) is 50.4. The Balaban J connectivity index is 0.000000835. The summed E-state index contributed by atoms with van der Waals surface area (Å²) >= 11 is 3.15. The molecule has 0 saturated carbocycles. The molecule has 2 N–H and O–H groups in total. The number of likely N-dealkylation sites (tertiary alicyclic amines) is 1. The minimum Gasteiger partial charge on any atom is -0.468 e. The average Bonchev–Trinajstić information content (AvgIpc) is 3.64. The molecule has 0 radical (unpaired) electrons. The normalized spacial score (nSPS) is 15.9. The number of esters is 1. The van der Waals surface area contributed by atoms with Gasteiger partial charge in [0, 0.05) is 38.5 Å². The number of methoxy groups -OCH3 is 3. The molecule has 1 aliphatic rings. The van der Waals surface area contributed by atoms with Gasteiger partial charge in [-0.15, -0.1) is 0 Å². The number of nitrogens with one attached hydrogen (secondary N) is 2. The molecule has 3 rings (SSSR count). The number of amides is 3. The van der Waals surface area contributed by atoms with Crippen LogP contribution in [0, 0.1) is 24.6 Å². The number of hydrogen-bond donors (Lipinski definition) is 2. The summed E-state index contributed by atoms with van der Waals surface area (Å²) in [6.07, 6.45) is 6.59. The van der Waals surface area contributed by atoms with Crippen molar-refractivity contribution in [3.05, 3.63) is 58.4 Å². The highest BCUT2D eigenvalue weighted by Gasteiger charge is 2.37. The number of pyridine rings is 1. The van der Waals surface area contributed by atoms with E-state index in [1.165, 1.54) is 38.5 Å². The van der Waals surface area contributed by atoms with Gasteiger partial charge in [0.15, 0.2) is 11.6 Å². The van der Waals surface area contributed by atoms with E-state index >= 15 is 0 Å². The summed E-state index contributed by atoms with van der Waals surface area (Å²) < 4.78 is 29.8. The van der Waals surface area contributed by atoms with Gasteiger partial charge in [-0.1, -0.05) is 90.3 Å². The molecule has 306 valence electrons. The van der Waals surface area contributed by atoms with Crippen molar-refractivity contribution in [2.75, 3.05) is 53.3 Å². The fourth-order valence-corrected chi connectivity index (χ4v) is 6.15. The molecule has 1 aliphatic heterocycles. The lowest BCUT2D eigenvalue weighted by molar-refractivity contribution is -0.142. The molecule has 54 heavy (non-hydrogen) atoms. The van der Waals surface area contributed by atoms with E-state index in [-0.39, 0.29) is 55.0 Å². The van der Waals surface area contributed by atoms with Crippen molar-refractivity contribution >= 4 is 45.9 Å². The third-order valence-corrected chi connectivity index (χ3v) is 9.41. The largest absolute Gasteiger partial charge is 0.468 e. The topological polar surface area (TPSA) is 139 Å². The lowest BCUT2D eigenvalue weighted by atomic mass is 9.91. The minimum absolute atomic E-state index is 0.0187. The molecule has 6 atom stereocenters. The standard InChI is InChI=1S/C17H27BrFN3O2.C13H22N2O5.C7H8.C3H8/c1-6-11(3)16(14(7-2)24-5)22(4)15(23)10-21-17-13(19)8-12(18)9-20-17;1-9(13(18)14-7-11(17)19-2)12(20-3)10-5-4-6-15(10)8-16;1-7-5-3-2-4-6-7;1-3-2/h8-9,11,14,16H,6-7,10H2,1-5H3,(H,20,21);8-10,12H,4-7H2,1-3H3,(H,14,18);2-6H,1H3;3H2,1-2H3. The van der Waals surface area contributed by atoms with Crippen LogP contribution in [0.2, 0.25) is 0 Å². The Morgan fingerprint density at radius 2 is 1.69 bits per heavy atom. The molecule has 0 aliphatic carbocycles. The molecule has 3 amide bonds. The molecule has 12 nitrogen and oxygen atoms in total. The Kier molecular flexibility index (Phi) is 26.8. The van der Waals surface area contributed by atoms with Gasteiger partial charge in [-0.25, -0.2) is 9.37 Å². The molecule has 1 aromatic heterocycles. The zero-order valence-corrected chi connectivity index (χ0v) is 35.8. The Morgan fingerprint density at radius 1 is 1.06 bits per heavy atom. The van der Waals surface area contributed by atoms with Gasteiger partial charge in [-0.2, -0.15) is 0 Å². The number of likely N-dealkylation sites (N-methyl/N-ethyl adjacent to an activating group) is 1. The maximum atomic E-state index is 13.8. The van der Waals surface area contributed by atoms with Crippen molar-refractivity contribution in [1.29, 1.82) is 0 Å². The van der Waals surface area contributed by atoms with Gasteiger partial charge >= 0.3 is 5.97 Å². The van der Waals surface area contributed by atoms with Crippen LogP contribution in [0.25, 0.3) is 0 Å². The summed E-state index contributed by atoms with van der Waals surface area (Å²) in [6, 6.07) is 11.4. The number of carbonyl (C=O) groups is 4. The Bertz CT molecular complexity index is 1360. The lowest BCUT2D eigenvalue weighted by Gasteiger charge is -2.37. The first-order valence-electron chi connectivity index (χ1n) is 18.6. The van der Waals surface area contributed by atoms with Crippen LogP contribution < -0.4 is 10.6 Å². The first-order valence-corrected chi connectivity index (χ1v) is 19.4. The maximum Gasteiger partial charge on any atom is 0.325 e. The van der Waals surface area contributed by atoms with Crippen molar-refractivity contribution in [3.63, 3.8) is 0 Å². The Labute approximate surface area is 331 Å². The number of hydrogen-bond acceptors (Lipinski definition) is 9. The van der Waals surface area contributed by atoms with E-state index in [9.17, 15) is 23.6 Å². The van der Waals surface area contributed by atoms with Crippen LogP contribution >= 0.6 is 15.9 Å². The van der Waals surface area contributed by atoms with Crippen LogP contribution in [0.15, 0.2) is 47.1 Å². The second-order valence-corrected chi connectivity index (χ2v) is 14.0. The molecule has 1 saturated heterocycles. The summed E-state index contributed by atoms with van der Waals surface area (Å²) in [5.41, 5.74) is 1.32. The molecule has 0 spiro atoms. The number of aromatic nitrogens is 1. The predicted octanol–water partition coefficient (Wildman–Crippen LogP) is 6.65. The number of halogens is 2. The Morgan fingerprint density at radius 3 is 2.15 bits per heavy atom. The van der Waals surface area contributed by atoms with E-state index in [2.05, 4.69) is 83.0 Å². The summed E-state index contributed by atoms with van der Waals surface area (Å²) in [6.45, 7) is 14.8. The average molecular weight is 827 g/mol. The van der Waals surface area contributed by atoms with E-state index in [0.29, 0.717) is 16.9 Å². The highest BCUT2D eigenvalue weighted by atomic mass is 79.9. The van der Waals surface area contributed by atoms with Crippen LogP contribution in [-0.2, 0) is 33.4 Å². The fraction of sp³-hybridized carbons (Fsp3) is 0.625. The monoisotopic (exact) mass is 825 g/mol. The van der Waals surface area contributed by atoms with Crippen LogP contribution in [0.4, 0.5) is 10.2 Å². The molecule has 2 aromatic rings. The number of benzene rings is 1. The van der Waals surface area contributed by atoms with E-state index in [1.54, 1.807) is 30.9 Å². The zero-order valence-electron chi connectivity index (χ0n) is 34.2. The third-order valence-electron chi connectivity index (χ3n) is 8.98. The number of ether oxygens (including phenoxy) is 3. The maximum absolute atomic E-state index is 13.8. The molecular weight excluding hydrogens is 761 g/mol. The molecule has 6 unspecified atom stereocenters. The second kappa shape index (κ2) is 28.8. The first-order chi connectivity index (χ1) is 25.7. The van der Waals surface area contributed by atoms with E-state index in [0.717, 1.165) is 32.1 Å². The lowest BCUT2D eigenvalue weighted by Crippen LogP contribution is -2.50. The number of aryl methyl sites for hydroxylation is 1. The molecule has 1 fully saturated rings. The molecule has 1 aromatic carbocycles. The number of anilines is 1. The molecule has 2 heterocycles. The van der Waals surface area contributed by atoms with Gasteiger partial charge in [0.2, 0.25) is 18.2 Å². The fourth-order valence-electron chi connectivity index (χ4n) is 5.85. The van der Waals surface area contributed by atoms with Crippen LogP contribution in [0.1, 0.15) is 79.2 Å². The van der Waals surface area contributed by atoms with Crippen molar-refractivity contribution in [3.8, 4) is 0 Å². The summed E-state index contributed by atoms with van der Waals surface area (Å²) in [5.74, 6) is -1.52. The zero-order chi connectivity index (χ0) is 41.2. The highest BCUT2D eigenvalue weighted by molar-refractivity contribution is 9.10. The highest BCUT2D eigenvalue weighted by Crippen LogP contribution is 2.25. The van der Waals surface area contributed by atoms with Crippen molar-refractivity contribution in [2.24, 2.45) is 11.8 Å². The van der Waals surface area contributed by atoms with Crippen molar-refractivity contribution in [2.45, 2.75) is 105 Å². The summed E-state index contributed by atoms with van der Waals surface area (Å²) in [4.78, 5) is 53.9.